The number of nitrogens with one attached hydrogen (secondary N) is 1. The van der Waals surface area contributed by atoms with Crippen LogP contribution in [0.1, 0.15) is 32.3 Å². The minimum Gasteiger partial charge on any atom is -0.345 e. The van der Waals surface area contributed by atoms with Crippen LogP contribution in [0.2, 0.25) is 0 Å². The first-order valence-corrected chi connectivity index (χ1v) is 6.09. The second kappa shape index (κ2) is 7.51. The lowest BCUT2D eigenvalue weighted by molar-refractivity contribution is -0.124. The van der Waals surface area contributed by atoms with Gasteiger partial charge in [0.05, 0.1) is 6.54 Å². The van der Waals surface area contributed by atoms with Crippen LogP contribution < -0.4 is 5.32 Å². The summed E-state index contributed by atoms with van der Waals surface area (Å²) >= 11 is 0. The topological polar surface area (TPSA) is 29.1 Å². The molecule has 0 unspecified atom stereocenters. The Kier molecular flexibility index (Phi) is 5.88. The molecule has 0 aliphatic heterocycles. The number of benzene rings is 1. The van der Waals surface area contributed by atoms with Gasteiger partial charge in [0.2, 0.25) is 5.91 Å². The molecule has 1 N–H and O–H groups in total. The van der Waals surface area contributed by atoms with Crippen LogP contribution in [0.5, 0.6) is 0 Å². The van der Waals surface area contributed by atoms with Crippen molar-refractivity contribution in [2.45, 2.75) is 26.7 Å². The summed E-state index contributed by atoms with van der Waals surface area (Å²) in [6, 6.07) is 9.77. The molecule has 17 heavy (non-hydrogen) atoms. The zero-order valence-corrected chi connectivity index (χ0v) is 10.5. The van der Waals surface area contributed by atoms with Gasteiger partial charge in [0, 0.05) is 11.5 Å². The van der Waals surface area contributed by atoms with Crippen molar-refractivity contribution in [2.75, 3.05) is 6.54 Å². The molecule has 1 amide bonds. The fourth-order valence-corrected chi connectivity index (χ4v) is 1.60. The highest BCUT2D eigenvalue weighted by Crippen LogP contribution is 2.06. The molecule has 0 aromatic heterocycles. The van der Waals surface area contributed by atoms with Gasteiger partial charge >= 0.3 is 0 Å². The Morgan fingerprint density at radius 3 is 2.47 bits per heavy atom. The number of carbonyl (C=O) groups excluding carboxylic acids is 1. The predicted molar refractivity (Wildman–Crippen MR) is 70.4 cm³/mol. The number of carbonyl (C=O) groups is 1. The summed E-state index contributed by atoms with van der Waals surface area (Å²) in [5.41, 5.74) is 0.976. The predicted octanol–water partition coefficient (Wildman–Crippen LogP) is 2.59. The number of hydrogen-bond acceptors (Lipinski definition) is 1. The molecule has 2 heteroatoms. The largest absolute Gasteiger partial charge is 0.345 e. The van der Waals surface area contributed by atoms with E-state index in [9.17, 15) is 4.79 Å². The van der Waals surface area contributed by atoms with E-state index in [4.69, 9.17) is 0 Å². The number of rotatable bonds is 4. The zero-order valence-electron chi connectivity index (χ0n) is 10.5. The fourth-order valence-electron chi connectivity index (χ4n) is 1.60. The molecular weight excluding hydrogens is 210 g/mol. The van der Waals surface area contributed by atoms with Gasteiger partial charge in [-0.05, 0) is 25.0 Å². The Labute approximate surface area is 103 Å². The standard InChI is InChI=1S/C15H19NO/c1-3-14(4-2)15(17)16-12-8-11-13-9-6-5-7-10-13/h5-7,9-10,14H,3-4,12H2,1-2H3,(H,16,17). The Morgan fingerprint density at radius 1 is 1.24 bits per heavy atom. The molecule has 0 fully saturated rings. The lowest BCUT2D eigenvalue weighted by Crippen LogP contribution is -2.30. The lowest BCUT2D eigenvalue weighted by atomic mass is 10.0. The zero-order chi connectivity index (χ0) is 12.5. The maximum Gasteiger partial charge on any atom is 0.223 e. The number of hydrogen-bond donors (Lipinski definition) is 1. The van der Waals surface area contributed by atoms with Crippen molar-refractivity contribution in [1.82, 2.24) is 5.32 Å². The Hall–Kier alpha value is -1.75. The summed E-state index contributed by atoms with van der Waals surface area (Å²) in [4.78, 5) is 11.6. The number of amides is 1. The first-order valence-electron chi connectivity index (χ1n) is 6.09. The van der Waals surface area contributed by atoms with E-state index in [-0.39, 0.29) is 11.8 Å². The minimum atomic E-state index is 0.109. The smallest absolute Gasteiger partial charge is 0.223 e. The van der Waals surface area contributed by atoms with E-state index in [1.54, 1.807) is 0 Å². The van der Waals surface area contributed by atoms with Gasteiger partial charge in [-0.3, -0.25) is 4.79 Å². The Balaban J connectivity index is 2.38. The highest BCUT2D eigenvalue weighted by atomic mass is 16.1. The third-order valence-corrected chi connectivity index (χ3v) is 2.71. The highest BCUT2D eigenvalue weighted by Gasteiger charge is 2.12. The van der Waals surface area contributed by atoms with E-state index in [0.717, 1.165) is 18.4 Å². The van der Waals surface area contributed by atoms with Crippen molar-refractivity contribution < 1.29 is 4.79 Å². The molecule has 0 saturated carbocycles. The molecule has 0 heterocycles. The third-order valence-electron chi connectivity index (χ3n) is 2.71. The van der Waals surface area contributed by atoms with Crippen molar-refractivity contribution in [1.29, 1.82) is 0 Å². The van der Waals surface area contributed by atoms with Crippen LogP contribution in [0.4, 0.5) is 0 Å². The molecule has 0 bridgehead atoms. The third kappa shape index (κ3) is 4.74. The summed E-state index contributed by atoms with van der Waals surface area (Å²) < 4.78 is 0. The average Bonchev–Trinajstić information content (AvgIpc) is 2.37. The Bertz CT molecular complexity index is 396. The van der Waals surface area contributed by atoms with Gasteiger partial charge in [-0.1, -0.05) is 43.9 Å². The molecule has 0 atom stereocenters. The van der Waals surface area contributed by atoms with Gasteiger partial charge in [-0.15, -0.1) is 0 Å². The molecule has 0 radical (unpaired) electrons. The SMILES string of the molecule is CCC(CC)C(=O)NCC#Cc1ccccc1. The highest BCUT2D eigenvalue weighted by molar-refractivity contribution is 5.78. The first-order chi connectivity index (χ1) is 8.27. The molecule has 1 aromatic rings. The van der Waals surface area contributed by atoms with Crippen LogP contribution in [-0.4, -0.2) is 12.5 Å². The summed E-state index contributed by atoms with van der Waals surface area (Å²) in [5, 5.41) is 2.84. The summed E-state index contributed by atoms with van der Waals surface area (Å²) in [7, 11) is 0. The van der Waals surface area contributed by atoms with Gasteiger partial charge in [0.1, 0.15) is 0 Å². The van der Waals surface area contributed by atoms with Crippen LogP contribution in [-0.2, 0) is 4.79 Å². The maximum absolute atomic E-state index is 11.6. The van der Waals surface area contributed by atoms with Gasteiger partial charge in [-0.25, -0.2) is 0 Å². The van der Waals surface area contributed by atoms with Gasteiger partial charge in [-0.2, -0.15) is 0 Å². The van der Waals surface area contributed by atoms with Crippen molar-refractivity contribution in [3.05, 3.63) is 35.9 Å². The van der Waals surface area contributed by atoms with E-state index in [1.165, 1.54) is 0 Å². The molecule has 1 rings (SSSR count). The van der Waals surface area contributed by atoms with Gasteiger partial charge < -0.3 is 5.32 Å². The average molecular weight is 229 g/mol. The van der Waals surface area contributed by atoms with Crippen LogP contribution >= 0.6 is 0 Å². The van der Waals surface area contributed by atoms with Crippen LogP contribution in [0.25, 0.3) is 0 Å². The van der Waals surface area contributed by atoms with Crippen LogP contribution in [0.15, 0.2) is 30.3 Å². The molecule has 1 aromatic carbocycles. The lowest BCUT2D eigenvalue weighted by Gasteiger charge is -2.10. The maximum atomic E-state index is 11.6. The first kappa shape index (κ1) is 13.3. The molecule has 0 aliphatic rings. The van der Waals surface area contributed by atoms with E-state index < -0.39 is 0 Å². The van der Waals surface area contributed by atoms with E-state index >= 15 is 0 Å². The Morgan fingerprint density at radius 2 is 1.88 bits per heavy atom. The molecule has 0 aliphatic carbocycles. The molecule has 90 valence electrons. The fraction of sp³-hybridized carbons (Fsp3) is 0.400. The monoisotopic (exact) mass is 229 g/mol. The van der Waals surface area contributed by atoms with E-state index in [1.807, 2.05) is 44.2 Å². The van der Waals surface area contributed by atoms with E-state index in [2.05, 4.69) is 17.2 Å². The van der Waals surface area contributed by atoms with Crippen molar-refractivity contribution in [3.63, 3.8) is 0 Å². The van der Waals surface area contributed by atoms with E-state index in [0.29, 0.717) is 6.54 Å². The van der Waals surface area contributed by atoms with Crippen LogP contribution in [0, 0.1) is 17.8 Å². The van der Waals surface area contributed by atoms with Crippen molar-refractivity contribution >= 4 is 5.91 Å². The molecule has 0 spiro atoms. The molecule has 2 nitrogen and oxygen atoms in total. The second-order valence-electron chi connectivity index (χ2n) is 3.90. The summed E-state index contributed by atoms with van der Waals surface area (Å²) in [6.07, 6.45) is 1.77. The van der Waals surface area contributed by atoms with Crippen molar-refractivity contribution in [2.24, 2.45) is 5.92 Å². The quantitative estimate of drug-likeness (QED) is 0.790. The van der Waals surface area contributed by atoms with Gasteiger partial charge in [0.25, 0.3) is 0 Å². The van der Waals surface area contributed by atoms with Crippen LogP contribution in [0.3, 0.4) is 0 Å². The second-order valence-corrected chi connectivity index (χ2v) is 3.90. The normalized spacial score (nSPS) is 9.59. The van der Waals surface area contributed by atoms with Crippen molar-refractivity contribution in [3.8, 4) is 11.8 Å². The summed E-state index contributed by atoms with van der Waals surface area (Å²) in [5.74, 6) is 6.19. The minimum absolute atomic E-state index is 0.109. The molecule has 0 saturated heterocycles. The summed E-state index contributed by atoms with van der Waals surface area (Å²) in [6.45, 7) is 4.48. The molecular formula is C15H19NO. The van der Waals surface area contributed by atoms with Gasteiger partial charge in [0.15, 0.2) is 0 Å².